The molecule has 10 nitrogen and oxygen atoms in total. The molecule has 1 fully saturated rings. The number of hydrogen-bond donors (Lipinski definition) is 2. The minimum atomic E-state index is -0.508. The highest BCUT2D eigenvalue weighted by Crippen LogP contribution is 2.34. The van der Waals surface area contributed by atoms with Crippen molar-refractivity contribution in [2.24, 2.45) is 7.05 Å². The van der Waals surface area contributed by atoms with E-state index in [1.54, 1.807) is 23.9 Å². The van der Waals surface area contributed by atoms with E-state index in [9.17, 15) is 14.4 Å². The van der Waals surface area contributed by atoms with Crippen molar-refractivity contribution in [3.05, 3.63) is 36.2 Å². The van der Waals surface area contributed by atoms with Gasteiger partial charge in [-0.05, 0) is 12.5 Å². The van der Waals surface area contributed by atoms with Gasteiger partial charge in [0, 0.05) is 24.9 Å². The van der Waals surface area contributed by atoms with Gasteiger partial charge in [0.25, 0.3) is 5.91 Å². The molecule has 0 aliphatic carbocycles. The van der Waals surface area contributed by atoms with E-state index in [1.165, 1.54) is 12.3 Å². The van der Waals surface area contributed by atoms with Gasteiger partial charge in [-0.15, -0.1) is 0 Å². The molecule has 0 radical (unpaired) electrons. The number of nitrogens with one attached hydrogen (secondary N) is 2. The molecule has 1 aliphatic heterocycles. The summed E-state index contributed by atoms with van der Waals surface area (Å²) in [5.74, 6) is -0.851. The second-order valence-electron chi connectivity index (χ2n) is 6.38. The molecule has 1 unspecified atom stereocenters. The van der Waals surface area contributed by atoms with E-state index in [2.05, 4.69) is 20.9 Å². The number of ether oxygens (including phenoxy) is 1. The Morgan fingerprint density at radius 1 is 1.39 bits per heavy atom. The fraction of sp³-hybridized carbons (Fsp3) is 0.278. The Hall–Kier alpha value is -3.69. The number of rotatable bonds is 5. The Morgan fingerprint density at radius 3 is 3.00 bits per heavy atom. The summed E-state index contributed by atoms with van der Waals surface area (Å²) >= 11 is 0. The number of hydrogen-bond acceptors (Lipinski definition) is 7. The Bertz CT molecular complexity index is 1060. The highest BCUT2D eigenvalue weighted by Gasteiger charge is 2.32. The maximum atomic E-state index is 12.2. The van der Waals surface area contributed by atoms with Gasteiger partial charge in [0.05, 0.1) is 17.8 Å². The first-order valence-corrected chi connectivity index (χ1v) is 8.65. The van der Waals surface area contributed by atoms with Crippen LogP contribution in [-0.4, -0.2) is 39.3 Å². The highest BCUT2D eigenvalue weighted by atomic mass is 16.5. The van der Waals surface area contributed by atoms with Crippen LogP contribution in [0.15, 0.2) is 35.0 Å². The van der Waals surface area contributed by atoms with Crippen molar-refractivity contribution >= 4 is 34.5 Å². The zero-order valence-electron chi connectivity index (χ0n) is 15.0. The molecule has 1 aliphatic rings. The van der Waals surface area contributed by atoms with Gasteiger partial charge in [0.1, 0.15) is 11.3 Å². The normalized spacial score (nSPS) is 16.8. The number of imide groups is 1. The van der Waals surface area contributed by atoms with E-state index >= 15 is 0 Å². The van der Waals surface area contributed by atoms with E-state index in [0.717, 1.165) is 5.39 Å². The Morgan fingerprint density at radius 2 is 2.25 bits per heavy atom. The van der Waals surface area contributed by atoms with E-state index < -0.39 is 11.8 Å². The van der Waals surface area contributed by atoms with Gasteiger partial charge in [-0.1, -0.05) is 17.3 Å². The van der Waals surface area contributed by atoms with Gasteiger partial charge >= 0.3 is 0 Å². The molecule has 1 saturated heterocycles. The molecule has 144 valence electrons. The topological polar surface area (TPSA) is 128 Å². The Balaban J connectivity index is 1.57. The maximum absolute atomic E-state index is 12.2. The van der Waals surface area contributed by atoms with E-state index in [-0.39, 0.29) is 30.7 Å². The summed E-state index contributed by atoms with van der Waals surface area (Å²) in [6, 6.07) is 6.85. The number of anilines is 1. The number of carbonyl (C=O) groups excluding carboxylic acids is 3. The molecular weight excluding hydrogens is 366 g/mol. The van der Waals surface area contributed by atoms with Crippen LogP contribution in [-0.2, 0) is 21.4 Å². The molecule has 3 aromatic rings. The lowest BCUT2D eigenvalue weighted by atomic mass is 9.93. The molecule has 1 atom stereocenters. The van der Waals surface area contributed by atoms with Crippen molar-refractivity contribution in [3.63, 3.8) is 0 Å². The summed E-state index contributed by atoms with van der Waals surface area (Å²) in [4.78, 5) is 35.6. The molecule has 3 heterocycles. The average molecular weight is 383 g/mol. The lowest BCUT2D eigenvalue weighted by molar-refractivity contribution is -0.134. The third-order valence-corrected chi connectivity index (χ3v) is 4.48. The first kappa shape index (κ1) is 17.7. The number of fused-ring (bicyclic) bond motifs is 1. The molecule has 28 heavy (non-hydrogen) atoms. The van der Waals surface area contributed by atoms with Crippen LogP contribution < -0.4 is 15.4 Å². The third kappa shape index (κ3) is 3.31. The number of amides is 3. The zero-order chi connectivity index (χ0) is 19.7. The smallest absolute Gasteiger partial charge is 0.264 e. The number of piperidine rings is 1. The van der Waals surface area contributed by atoms with Crippen LogP contribution in [0.25, 0.3) is 10.9 Å². The number of carbonyl (C=O) groups is 3. The third-order valence-electron chi connectivity index (χ3n) is 4.48. The summed E-state index contributed by atoms with van der Waals surface area (Å²) in [6.07, 6.45) is 2.09. The van der Waals surface area contributed by atoms with Crippen LogP contribution in [0.5, 0.6) is 5.75 Å². The van der Waals surface area contributed by atoms with Gasteiger partial charge in [0.2, 0.25) is 17.7 Å². The van der Waals surface area contributed by atoms with Crippen molar-refractivity contribution < 1.29 is 23.6 Å². The van der Waals surface area contributed by atoms with Gasteiger partial charge in [-0.3, -0.25) is 29.7 Å². The molecule has 10 heteroatoms. The average Bonchev–Trinajstić information content (AvgIpc) is 3.28. The number of aromatic nitrogens is 3. The van der Waals surface area contributed by atoms with E-state index in [4.69, 9.17) is 9.26 Å². The fourth-order valence-electron chi connectivity index (χ4n) is 3.25. The lowest BCUT2D eigenvalue weighted by Crippen LogP contribution is -2.39. The van der Waals surface area contributed by atoms with Crippen LogP contribution in [0.4, 0.5) is 5.88 Å². The largest absolute Gasteiger partial charge is 0.481 e. The van der Waals surface area contributed by atoms with Gasteiger partial charge in [0.15, 0.2) is 6.61 Å². The molecule has 0 saturated carbocycles. The van der Waals surface area contributed by atoms with Gasteiger partial charge in [-0.2, -0.15) is 5.10 Å². The summed E-state index contributed by atoms with van der Waals surface area (Å²) in [6.45, 7) is -0.237. The van der Waals surface area contributed by atoms with Crippen LogP contribution >= 0.6 is 0 Å². The first-order chi connectivity index (χ1) is 13.5. The van der Waals surface area contributed by atoms with Crippen molar-refractivity contribution in [2.75, 3.05) is 11.9 Å². The minimum absolute atomic E-state index is 0.229. The maximum Gasteiger partial charge on any atom is 0.264 e. The number of aryl methyl sites for hydroxylation is 1. The summed E-state index contributed by atoms with van der Waals surface area (Å²) in [7, 11) is 1.74. The molecule has 4 rings (SSSR count). The van der Waals surface area contributed by atoms with Crippen molar-refractivity contribution in [3.8, 4) is 5.75 Å². The van der Waals surface area contributed by atoms with E-state index in [0.29, 0.717) is 23.4 Å². The lowest BCUT2D eigenvalue weighted by Gasteiger charge is -2.19. The predicted octanol–water partition coefficient (Wildman–Crippen LogP) is 1.10. The molecule has 2 N–H and O–H groups in total. The van der Waals surface area contributed by atoms with Crippen molar-refractivity contribution in [1.29, 1.82) is 0 Å². The number of para-hydroxylation sites is 1. The van der Waals surface area contributed by atoms with Gasteiger partial charge in [-0.25, -0.2) is 0 Å². The summed E-state index contributed by atoms with van der Waals surface area (Å²) in [5.41, 5.74) is 1.24. The number of benzene rings is 1. The molecular formula is C18H17N5O5. The van der Waals surface area contributed by atoms with Crippen LogP contribution in [0, 0.1) is 0 Å². The second kappa shape index (κ2) is 7.14. The quantitative estimate of drug-likeness (QED) is 0.631. The van der Waals surface area contributed by atoms with Crippen molar-refractivity contribution in [1.82, 2.24) is 20.3 Å². The zero-order valence-corrected chi connectivity index (χ0v) is 15.0. The fourth-order valence-corrected chi connectivity index (χ4v) is 3.25. The SMILES string of the molecule is Cn1nc(C2CCC(=O)NC2=O)c2cccc(OCC(=O)Nc3ccno3)c21. The predicted molar refractivity (Wildman–Crippen MR) is 96.5 cm³/mol. The first-order valence-electron chi connectivity index (χ1n) is 8.65. The molecule has 0 spiro atoms. The summed E-state index contributed by atoms with van der Waals surface area (Å²) < 4.78 is 12.1. The van der Waals surface area contributed by atoms with Crippen LogP contribution in [0.1, 0.15) is 24.5 Å². The molecule has 3 amide bonds. The molecule has 2 aromatic heterocycles. The standard InChI is InChI=1S/C18H17N5O5/c1-23-17-10(16(22-23)11-5-6-13(24)21-18(11)26)3-2-4-12(17)27-9-14(25)20-15-7-8-19-28-15/h2-4,7-8,11H,5-6,9H2,1H3,(H,20,25)(H,21,24,26). The summed E-state index contributed by atoms with van der Waals surface area (Å²) in [5, 5.41) is 13.6. The second-order valence-corrected chi connectivity index (χ2v) is 6.38. The molecule has 0 bridgehead atoms. The van der Waals surface area contributed by atoms with Crippen LogP contribution in [0.2, 0.25) is 0 Å². The van der Waals surface area contributed by atoms with E-state index in [1.807, 2.05) is 6.07 Å². The monoisotopic (exact) mass is 383 g/mol. The Labute approximate surface area is 158 Å². The van der Waals surface area contributed by atoms with Crippen LogP contribution in [0.3, 0.4) is 0 Å². The minimum Gasteiger partial charge on any atom is -0.481 e. The van der Waals surface area contributed by atoms with Crippen molar-refractivity contribution in [2.45, 2.75) is 18.8 Å². The molecule has 1 aromatic carbocycles. The Kier molecular flexibility index (Phi) is 4.52. The highest BCUT2D eigenvalue weighted by molar-refractivity contribution is 6.03. The number of nitrogens with zero attached hydrogens (tertiary/aromatic N) is 3. The van der Waals surface area contributed by atoms with Gasteiger partial charge < -0.3 is 9.26 Å².